The van der Waals surface area contributed by atoms with Crippen molar-refractivity contribution in [3.8, 4) is 5.75 Å². The first-order valence-electron chi connectivity index (χ1n) is 7.07. The van der Waals surface area contributed by atoms with Crippen LogP contribution in [0, 0.1) is 13.8 Å². The summed E-state index contributed by atoms with van der Waals surface area (Å²) in [6.45, 7) is 3.77. The monoisotopic (exact) mass is 389 g/mol. The summed E-state index contributed by atoms with van der Waals surface area (Å²) in [6.07, 6.45) is 1.25. The van der Waals surface area contributed by atoms with Crippen LogP contribution in [-0.4, -0.2) is 23.1 Å². The molecule has 0 unspecified atom stereocenters. The number of hydrogen-bond donors (Lipinski definition) is 3. The van der Waals surface area contributed by atoms with Crippen LogP contribution >= 0.6 is 15.9 Å². The largest absolute Gasteiger partial charge is 0.507 e. The molecule has 0 heterocycles. The van der Waals surface area contributed by atoms with E-state index in [2.05, 4.69) is 31.8 Å². The minimum absolute atomic E-state index is 0.0102. The maximum atomic E-state index is 11.9. The van der Waals surface area contributed by atoms with E-state index in [0.717, 1.165) is 15.6 Å². The maximum Gasteiger partial charge on any atom is 0.329 e. The Bertz CT molecular complexity index is 819. The zero-order valence-electron chi connectivity index (χ0n) is 13.1. The molecule has 0 atom stereocenters. The lowest BCUT2D eigenvalue weighted by molar-refractivity contribution is -0.136. The second-order valence-corrected chi connectivity index (χ2v) is 6.02. The predicted molar refractivity (Wildman–Crippen MR) is 96.1 cm³/mol. The SMILES string of the molecule is Cc1cccc(NC(=O)C(=O)N/N=C/c2cc(Br)ccc2O)c1C. The van der Waals surface area contributed by atoms with E-state index in [1.807, 2.05) is 19.9 Å². The van der Waals surface area contributed by atoms with Crippen LogP contribution in [0.25, 0.3) is 0 Å². The van der Waals surface area contributed by atoms with Gasteiger partial charge in [-0.1, -0.05) is 28.1 Å². The summed E-state index contributed by atoms with van der Waals surface area (Å²) in [5.74, 6) is -1.71. The number of benzene rings is 2. The normalized spacial score (nSPS) is 10.6. The summed E-state index contributed by atoms with van der Waals surface area (Å²) >= 11 is 3.27. The van der Waals surface area contributed by atoms with E-state index in [-0.39, 0.29) is 5.75 Å². The highest BCUT2D eigenvalue weighted by atomic mass is 79.9. The minimum atomic E-state index is -0.901. The first-order chi connectivity index (χ1) is 11.4. The lowest BCUT2D eigenvalue weighted by atomic mass is 10.1. The van der Waals surface area contributed by atoms with Crippen molar-refractivity contribution < 1.29 is 14.7 Å². The second kappa shape index (κ2) is 7.74. The molecule has 3 N–H and O–H groups in total. The summed E-state index contributed by atoms with van der Waals surface area (Å²) in [5, 5.41) is 15.9. The molecule has 0 radical (unpaired) electrons. The molecule has 2 aromatic rings. The van der Waals surface area contributed by atoms with E-state index in [1.54, 1.807) is 24.3 Å². The average molecular weight is 390 g/mol. The molecule has 0 saturated carbocycles. The van der Waals surface area contributed by atoms with Crippen LogP contribution in [0.15, 0.2) is 46.0 Å². The van der Waals surface area contributed by atoms with Gasteiger partial charge in [-0.2, -0.15) is 5.10 Å². The van der Waals surface area contributed by atoms with Gasteiger partial charge in [0.2, 0.25) is 0 Å². The van der Waals surface area contributed by atoms with E-state index in [4.69, 9.17) is 0 Å². The molecule has 0 spiro atoms. The number of anilines is 1. The van der Waals surface area contributed by atoms with Crippen LogP contribution in [0.5, 0.6) is 5.75 Å². The van der Waals surface area contributed by atoms with Crippen molar-refractivity contribution in [2.24, 2.45) is 5.10 Å². The number of phenols is 1. The quantitative estimate of drug-likeness (QED) is 0.428. The summed E-state index contributed by atoms with van der Waals surface area (Å²) in [4.78, 5) is 23.7. The van der Waals surface area contributed by atoms with Crippen LogP contribution in [0.3, 0.4) is 0 Å². The van der Waals surface area contributed by atoms with Gasteiger partial charge in [-0.3, -0.25) is 9.59 Å². The number of carbonyl (C=O) groups excluding carboxylic acids is 2. The van der Waals surface area contributed by atoms with Crippen molar-refractivity contribution in [3.05, 3.63) is 57.6 Å². The number of aryl methyl sites for hydroxylation is 1. The van der Waals surface area contributed by atoms with E-state index in [1.165, 1.54) is 12.3 Å². The van der Waals surface area contributed by atoms with E-state index >= 15 is 0 Å². The number of carbonyl (C=O) groups is 2. The van der Waals surface area contributed by atoms with Crippen LogP contribution in [0.4, 0.5) is 5.69 Å². The molecule has 2 amide bonds. The molecule has 2 rings (SSSR count). The van der Waals surface area contributed by atoms with Gasteiger partial charge in [0.25, 0.3) is 0 Å². The van der Waals surface area contributed by atoms with Crippen LogP contribution < -0.4 is 10.7 Å². The highest BCUT2D eigenvalue weighted by Crippen LogP contribution is 2.20. The molecule has 0 aromatic heterocycles. The van der Waals surface area contributed by atoms with Gasteiger partial charge in [0.05, 0.1) is 6.21 Å². The highest BCUT2D eigenvalue weighted by molar-refractivity contribution is 9.10. The summed E-state index contributed by atoms with van der Waals surface area (Å²) in [7, 11) is 0. The van der Waals surface area contributed by atoms with Gasteiger partial charge in [-0.15, -0.1) is 0 Å². The van der Waals surface area contributed by atoms with E-state index in [0.29, 0.717) is 11.3 Å². The first kappa shape index (κ1) is 17.7. The second-order valence-electron chi connectivity index (χ2n) is 5.10. The summed E-state index contributed by atoms with van der Waals surface area (Å²) in [5.41, 5.74) is 5.00. The fourth-order valence-electron chi connectivity index (χ4n) is 1.91. The van der Waals surface area contributed by atoms with Gasteiger partial charge < -0.3 is 10.4 Å². The zero-order valence-corrected chi connectivity index (χ0v) is 14.7. The molecule has 0 aliphatic carbocycles. The Morgan fingerprint density at radius 2 is 1.92 bits per heavy atom. The third kappa shape index (κ3) is 4.42. The molecule has 0 fully saturated rings. The number of phenolic OH excluding ortho intramolecular Hbond substituents is 1. The molecule has 6 nitrogen and oxygen atoms in total. The van der Waals surface area contributed by atoms with Gasteiger partial charge >= 0.3 is 11.8 Å². The molecule has 7 heteroatoms. The Morgan fingerprint density at radius 3 is 2.67 bits per heavy atom. The molecule has 24 heavy (non-hydrogen) atoms. The Morgan fingerprint density at radius 1 is 1.17 bits per heavy atom. The number of hydrogen-bond acceptors (Lipinski definition) is 4. The first-order valence-corrected chi connectivity index (χ1v) is 7.87. The molecule has 2 aromatic carbocycles. The van der Waals surface area contributed by atoms with Crippen molar-refractivity contribution in [2.45, 2.75) is 13.8 Å². The molecule has 0 saturated heterocycles. The van der Waals surface area contributed by atoms with Gasteiger partial charge in [0.15, 0.2) is 0 Å². The lowest BCUT2D eigenvalue weighted by Gasteiger charge is -2.09. The summed E-state index contributed by atoms with van der Waals surface area (Å²) in [6, 6.07) is 10.2. The van der Waals surface area contributed by atoms with Crippen LogP contribution in [0.1, 0.15) is 16.7 Å². The van der Waals surface area contributed by atoms with Crippen molar-refractivity contribution in [1.29, 1.82) is 0 Å². The molecule has 0 aliphatic rings. The molecule has 0 bridgehead atoms. The van der Waals surface area contributed by atoms with E-state index in [9.17, 15) is 14.7 Å². The summed E-state index contributed by atoms with van der Waals surface area (Å²) < 4.78 is 0.751. The Kier molecular flexibility index (Phi) is 5.70. The van der Waals surface area contributed by atoms with Gasteiger partial charge in [0.1, 0.15) is 5.75 Å². The maximum absolute atomic E-state index is 11.9. The van der Waals surface area contributed by atoms with E-state index < -0.39 is 11.8 Å². The number of nitrogens with one attached hydrogen (secondary N) is 2. The number of rotatable bonds is 3. The Labute approximate surface area is 147 Å². The highest BCUT2D eigenvalue weighted by Gasteiger charge is 2.14. The number of amides is 2. The number of nitrogens with zero attached hydrogens (tertiary/aromatic N) is 1. The minimum Gasteiger partial charge on any atom is -0.507 e. The van der Waals surface area contributed by atoms with Gasteiger partial charge in [-0.05, 0) is 49.2 Å². The van der Waals surface area contributed by atoms with Crippen LogP contribution in [-0.2, 0) is 9.59 Å². The molecule has 124 valence electrons. The third-order valence-electron chi connectivity index (χ3n) is 3.42. The molecular weight excluding hydrogens is 374 g/mol. The molecule has 0 aliphatic heterocycles. The standard InChI is InChI=1S/C17H16BrN3O3/c1-10-4-3-5-14(11(10)2)20-16(23)17(24)21-19-9-12-8-13(18)6-7-15(12)22/h3-9,22H,1-2H3,(H,20,23)(H,21,24)/b19-9+. The smallest absolute Gasteiger partial charge is 0.329 e. The average Bonchev–Trinajstić information content (AvgIpc) is 2.54. The fourth-order valence-corrected chi connectivity index (χ4v) is 2.28. The number of halogens is 1. The number of hydrazone groups is 1. The Balaban J connectivity index is 1.99. The molecular formula is C17H16BrN3O3. The Hall–Kier alpha value is -2.67. The topological polar surface area (TPSA) is 90.8 Å². The van der Waals surface area contributed by atoms with Crippen molar-refractivity contribution in [3.63, 3.8) is 0 Å². The fraction of sp³-hybridized carbons (Fsp3) is 0.118. The van der Waals surface area contributed by atoms with Gasteiger partial charge in [-0.25, -0.2) is 5.43 Å². The zero-order chi connectivity index (χ0) is 17.7. The third-order valence-corrected chi connectivity index (χ3v) is 3.91. The van der Waals surface area contributed by atoms with Crippen molar-refractivity contribution >= 4 is 39.6 Å². The van der Waals surface area contributed by atoms with Crippen molar-refractivity contribution in [1.82, 2.24) is 5.43 Å². The number of aromatic hydroxyl groups is 1. The predicted octanol–water partition coefficient (Wildman–Crippen LogP) is 2.86. The van der Waals surface area contributed by atoms with Crippen LogP contribution in [0.2, 0.25) is 0 Å². The van der Waals surface area contributed by atoms with Gasteiger partial charge in [0, 0.05) is 15.7 Å². The lowest BCUT2D eigenvalue weighted by Crippen LogP contribution is -2.32. The van der Waals surface area contributed by atoms with Crippen molar-refractivity contribution in [2.75, 3.05) is 5.32 Å².